The number of amides is 2. The predicted octanol–water partition coefficient (Wildman–Crippen LogP) is 3.44. The Morgan fingerprint density at radius 2 is 1.93 bits per heavy atom. The number of carbonyl (C=O) groups excluding carboxylic acids is 2. The van der Waals surface area contributed by atoms with Crippen molar-refractivity contribution < 1.29 is 9.59 Å². The Morgan fingerprint density at radius 1 is 1.15 bits per heavy atom. The Labute approximate surface area is 163 Å². The van der Waals surface area contributed by atoms with Gasteiger partial charge in [-0.05, 0) is 43.2 Å². The fourth-order valence-electron chi connectivity index (χ4n) is 4.06. The first-order valence-corrected chi connectivity index (χ1v) is 10.8. The van der Waals surface area contributed by atoms with Crippen LogP contribution in [-0.4, -0.2) is 46.0 Å². The van der Waals surface area contributed by atoms with Crippen LogP contribution in [0, 0.1) is 5.92 Å². The van der Waals surface area contributed by atoms with E-state index in [9.17, 15) is 9.59 Å². The second kappa shape index (κ2) is 8.25. The van der Waals surface area contributed by atoms with E-state index in [-0.39, 0.29) is 23.8 Å². The van der Waals surface area contributed by atoms with E-state index in [1.165, 1.54) is 19.3 Å². The van der Waals surface area contributed by atoms with Gasteiger partial charge in [0.25, 0.3) is 5.91 Å². The van der Waals surface area contributed by atoms with Crippen LogP contribution in [0.2, 0.25) is 0 Å². The normalized spacial score (nSPS) is 19.2. The highest BCUT2D eigenvalue weighted by atomic mass is 32.1. The van der Waals surface area contributed by atoms with Crippen LogP contribution >= 0.6 is 11.3 Å². The van der Waals surface area contributed by atoms with Crippen LogP contribution in [0.1, 0.15) is 55.4 Å². The number of hydrogen-bond acceptors (Lipinski definition) is 4. The number of rotatable bonds is 4. The van der Waals surface area contributed by atoms with Crippen molar-refractivity contribution in [2.24, 2.45) is 5.92 Å². The van der Waals surface area contributed by atoms with Crippen molar-refractivity contribution in [2.45, 2.75) is 51.0 Å². The van der Waals surface area contributed by atoms with Gasteiger partial charge >= 0.3 is 0 Å². The molecule has 2 N–H and O–H groups in total. The van der Waals surface area contributed by atoms with Crippen molar-refractivity contribution in [3.63, 3.8) is 0 Å². The summed E-state index contributed by atoms with van der Waals surface area (Å²) >= 11 is 1.62. The van der Waals surface area contributed by atoms with Gasteiger partial charge in [0.05, 0.1) is 10.6 Å². The van der Waals surface area contributed by atoms with E-state index in [1.807, 2.05) is 28.5 Å². The van der Waals surface area contributed by atoms with Crippen LogP contribution < -0.4 is 5.32 Å². The minimum Gasteiger partial charge on any atom is -0.353 e. The van der Waals surface area contributed by atoms with Crippen molar-refractivity contribution in [1.82, 2.24) is 20.4 Å². The average molecular weight is 387 g/mol. The number of H-pyrrole nitrogens is 1. The molecule has 1 saturated heterocycles. The van der Waals surface area contributed by atoms with Crippen molar-refractivity contribution in [1.29, 1.82) is 0 Å². The summed E-state index contributed by atoms with van der Waals surface area (Å²) in [5, 5.41) is 12.4. The molecule has 2 fully saturated rings. The molecule has 4 rings (SSSR count). The van der Waals surface area contributed by atoms with E-state index in [4.69, 9.17) is 0 Å². The van der Waals surface area contributed by atoms with Crippen LogP contribution in [0.4, 0.5) is 0 Å². The predicted molar refractivity (Wildman–Crippen MR) is 106 cm³/mol. The Kier molecular flexibility index (Phi) is 5.57. The number of likely N-dealkylation sites (tertiary alicyclic amines) is 1. The largest absolute Gasteiger partial charge is 0.353 e. The Morgan fingerprint density at radius 3 is 2.63 bits per heavy atom. The van der Waals surface area contributed by atoms with E-state index < -0.39 is 0 Å². The first kappa shape index (κ1) is 18.2. The molecule has 144 valence electrons. The molecular formula is C20H26N4O2S. The molecule has 0 aromatic carbocycles. The average Bonchev–Trinajstić information content (AvgIpc) is 3.40. The molecule has 2 aromatic heterocycles. The van der Waals surface area contributed by atoms with E-state index in [0.29, 0.717) is 18.8 Å². The summed E-state index contributed by atoms with van der Waals surface area (Å²) in [6, 6.07) is 6.00. The molecule has 27 heavy (non-hydrogen) atoms. The Bertz CT molecular complexity index is 772. The highest BCUT2D eigenvalue weighted by Gasteiger charge is 2.28. The molecule has 1 saturated carbocycles. The summed E-state index contributed by atoms with van der Waals surface area (Å²) in [7, 11) is 0. The number of piperidine rings is 1. The molecule has 7 heteroatoms. The van der Waals surface area contributed by atoms with E-state index in [0.717, 1.165) is 36.3 Å². The molecule has 2 aliphatic rings. The Hall–Kier alpha value is -2.15. The lowest BCUT2D eigenvalue weighted by atomic mass is 9.88. The van der Waals surface area contributed by atoms with Crippen LogP contribution in [0.25, 0.3) is 10.6 Å². The van der Waals surface area contributed by atoms with Gasteiger partial charge in [0.1, 0.15) is 0 Å². The van der Waals surface area contributed by atoms with Gasteiger partial charge in [-0.15, -0.1) is 11.3 Å². The molecule has 0 bridgehead atoms. The number of nitrogens with zero attached hydrogens (tertiary/aromatic N) is 2. The number of hydrogen-bond donors (Lipinski definition) is 2. The highest BCUT2D eigenvalue weighted by molar-refractivity contribution is 7.13. The lowest BCUT2D eigenvalue weighted by molar-refractivity contribution is -0.126. The lowest BCUT2D eigenvalue weighted by Gasteiger charge is -2.33. The summed E-state index contributed by atoms with van der Waals surface area (Å²) < 4.78 is 0. The van der Waals surface area contributed by atoms with Gasteiger partial charge in [-0.1, -0.05) is 25.3 Å². The standard InChI is InChI=1S/C20H26N4O2S/c25-19(14-5-2-1-3-6-14)21-15-8-10-24(11-9-15)20(26)17-13-16(22-23-17)18-7-4-12-27-18/h4,7,12-15H,1-3,5-6,8-11H2,(H,21,25)(H,22,23). The summed E-state index contributed by atoms with van der Waals surface area (Å²) in [6.45, 7) is 1.32. The molecule has 6 nitrogen and oxygen atoms in total. The highest BCUT2D eigenvalue weighted by Crippen LogP contribution is 2.25. The van der Waals surface area contributed by atoms with Crippen LogP contribution in [-0.2, 0) is 4.79 Å². The zero-order valence-corrected chi connectivity index (χ0v) is 16.3. The van der Waals surface area contributed by atoms with Crippen molar-refractivity contribution in [3.8, 4) is 10.6 Å². The molecule has 1 aliphatic heterocycles. The zero-order chi connectivity index (χ0) is 18.6. The first-order valence-electron chi connectivity index (χ1n) is 9.89. The van der Waals surface area contributed by atoms with Crippen LogP contribution in [0.3, 0.4) is 0 Å². The topological polar surface area (TPSA) is 78.1 Å². The van der Waals surface area contributed by atoms with Gasteiger partial charge < -0.3 is 10.2 Å². The van der Waals surface area contributed by atoms with Crippen molar-refractivity contribution in [3.05, 3.63) is 29.3 Å². The van der Waals surface area contributed by atoms with E-state index in [2.05, 4.69) is 15.5 Å². The third-order valence-corrected chi connectivity index (χ3v) is 6.59. The van der Waals surface area contributed by atoms with Gasteiger partial charge in [0.2, 0.25) is 5.91 Å². The third-order valence-electron chi connectivity index (χ3n) is 5.69. The quantitative estimate of drug-likeness (QED) is 0.845. The Balaban J connectivity index is 1.28. The monoisotopic (exact) mass is 386 g/mol. The van der Waals surface area contributed by atoms with Gasteiger partial charge in [0, 0.05) is 25.0 Å². The SMILES string of the molecule is O=C(NC1CCN(C(=O)c2cc(-c3cccs3)[nH]n2)CC1)C1CCCCC1. The molecular weight excluding hydrogens is 360 g/mol. The van der Waals surface area contributed by atoms with Crippen LogP contribution in [0.5, 0.6) is 0 Å². The minimum absolute atomic E-state index is 0.0360. The zero-order valence-electron chi connectivity index (χ0n) is 15.4. The third kappa shape index (κ3) is 4.24. The summed E-state index contributed by atoms with van der Waals surface area (Å²) in [5.74, 6) is 0.372. The fraction of sp³-hybridized carbons (Fsp3) is 0.550. The smallest absolute Gasteiger partial charge is 0.274 e. The number of thiophene rings is 1. The number of aromatic amines is 1. The van der Waals surface area contributed by atoms with Crippen LogP contribution in [0.15, 0.2) is 23.6 Å². The van der Waals surface area contributed by atoms with Gasteiger partial charge in [0.15, 0.2) is 5.69 Å². The number of aromatic nitrogens is 2. The maximum absolute atomic E-state index is 12.7. The molecule has 2 aromatic rings. The molecule has 3 heterocycles. The minimum atomic E-state index is -0.0360. The first-order chi connectivity index (χ1) is 13.2. The second-order valence-electron chi connectivity index (χ2n) is 7.55. The molecule has 0 spiro atoms. The molecule has 1 aliphatic carbocycles. The molecule has 0 unspecified atom stereocenters. The summed E-state index contributed by atoms with van der Waals surface area (Å²) in [4.78, 5) is 28.1. The van der Waals surface area contributed by atoms with Gasteiger partial charge in [-0.3, -0.25) is 14.7 Å². The molecule has 0 atom stereocenters. The molecule has 0 radical (unpaired) electrons. The van der Waals surface area contributed by atoms with Crippen molar-refractivity contribution >= 4 is 23.2 Å². The van der Waals surface area contributed by atoms with Crippen molar-refractivity contribution in [2.75, 3.05) is 13.1 Å². The summed E-state index contributed by atoms with van der Waals surface area (Å²) in [5.41, 5.74) is 1.34. The maximum atomic E-state index is 12.7. The van der Waals surface area contributed by atoms with E-state index >= 15 is 0 Å². The number of nitrogens with one attached hydrogen (secondary N) is 2. The maximum Gasteiger partial charge on any atom is 0.274 e. The van der Waals surface area contributed by atoms with Gasteiger partial charge in [-0.2, -0.15) is 5.10 Å². The summed E-state index contributed by atoms with van der Waals surface area (Å²) in [6.07, 6.45) is 7.26. The number of carbonyl (C=O) groups is 2. The lowest BCUT2D eigenvalue weighted by Crippen LogP contribution is -2.48. The fourth-order valence-corrected chi connectivity index (χ4v) is 4.75. The second-order valence-corrected chi connectivity index (χ2v) is 8.50. The van der Waals surface area contributed by atoms with E-state index in [1.54, 1.807) is 11.3 Å². The van der Waals surface area contributed by atoms with Gasteiger partial charge in [-0.25, -0.2) is 0 Å². The molecule has 2 amide bonds.